The van der Waals surface area contributed by atoms with Gasteiger partial charge in [0.05, 0.1) is 0 Å². The summed E-state index contributed by atoms with van der Waals surface area (Å²) in [5.41, 5.74) is 5.19. The molecule has 0 fully saturated rings. The number of hydrogen-bond acceptors (Lipinski definition) is 6. The van der Waals surface area contributed by atoms with Crippen LogP contribution in [0.1, 0.15) is 11.1 Å². The quantitative estimate of drug-likeness (QED) is 0.249. The molecule has 188 valence electrons. The second-order valence-corrected chi connectivity index (χ2v) is 11.3. The van der Waals surface area contributed by atoms with Crippen LogP contribution in [0, 0.1) is 0 Å². The van der Waals surface area contributed by atoms with Crippen LogP contribution in [-0.2, 0) is 0 Å². The Morgan fingerprint density at radius 2 is 0.946 bits per heavy atom. The molecule has 0 aliphatic heterocycles. The van der Waals surface area contributed by atoms with Gasteiger partial charge in [0.15, 0.2) is 0 Å². The van der Waals surface area contributed by atoms with Gasteiger partial charge in [-0.05, 0) is 0 Å². The van der Waals surface area contributed by atoms with Crippen LogP contribution in [0.5, 0.6) is 11.5 Å². The molecule has 0 bridgehead atoms. The third-order valence-electron chi connectivity index (χ3n) is 5.65. The van der Waals surface area contributed by atoms with Gasteiger partial charge in [-0.2, -0.15) is 0 Å². The average molecular weight is 558 g/mol. The van der Waals surface area contributed by atoms with Crippen molar-refractivity contribution in [3.63, 3.8) is 0 Å². The molecule has 4 rings (SSSR count). The van der Waals surface area contributed by atoms with Gasteiger partial charge in [-0.1, -0.05) is 0 Å². The van der Waals surface area contributed by atoms with Gasteiger partial charge in [0, 0.05) is 0 Å². The van der Waals surface area contributed by atoms with E-state index in [1.165, 1.54) is 0 Å². The first-order valence-electron chi connectivity index (χ1n) is 11.8. The number of anilines is 2. The molecule has 0 aromatic heterocycles. The zero-order valence-electron chi connectivity index (χ0n) is 21.3. The van der Waals surface area contributed by atoms with Crippen molar-refractivity contribution in [2.75, 3.05) is 38.0 Å². The number of aliphatic imine (C=N–C) groups is 2. The Labute approximate surface area is 224 Å². The number of aromatic hydroxyl groups is 2. The Hall–Kier alpha value is -4.06. The van der Waals surface area contributed by atoms with Crippen LogP contribution in [0.3, 0.4) is 0 Å². The Kier molecular flexibility index (Phi) is 8.28. The van der Waals surface area contributed by atoms with Crippen molar-refractivity contribution in [3.05, 3.63) is 96.1 Å². The fourth-order valence-corrected chi connectivity index (χ4v) is 5.35. The summed E-state index contributed by atoms with van der Waals surface area (Å²) in [6.45, 7) is 0. The van der Waals surface area contributed by atoms with Crippen molar-refractivity contribution in [3.8, 4) is 11.5 Å². The van der Waals surface area contributed by atoms with Crippen molar-refractivity contribution in [1.82, 2.24) is 0 Å². The first-order valence-corrected chi connectivity index (χ1v) is 13.5. The van der Waals surface area contributed by atoms with Gasteiger partial charge < -0.3 is 0 Å². The molecule has 0 aliphatic rings. The number of phenolic OH excluding ortho intramolecular Hbond substituents is 2. The zero-order chi connectivity index (χ0) is 26.4. The van der Waals surface area contributed by atoms with E-state index >= 15 is 0 Å². The number of hydrogen-bond donors (Lipinski definition) is 2. The van der Waals surface area contributed by atoms with E-state index in [9.17, 15) is 10.2 Å². The summed E-state index contributed by atoms with van der Waals surface area (Å²) < 4.78 is 1.96. The normalized spacial score (nSPS) is 11.4. The fourth-order valence-electron chi connectivity index (χ4n) is 3.49. The van der Waals surface area contributed by atoms with Crippen LogP contribution >= 0.6 is 0 Å². The van der Waals surface area contributed by atoms with Gasteiger partial charge in [0.2, 0.25) is 0 Å². The SMILES string of the molecule is CN(C)c1ccc(C=Nc2ccc([Se]c3ccc(N=Cc4ccc(N(C)C)cc4)c(O)c3)cc2O)cc1. The van der Waals surface area contributed by atoms with E-state index in [0.29, 0.717) is 11.4 Å². The zero-order valence-corrected chi connectivity index (χ0v) is 23.0. The predicted octanol–water partition coefficient (Wildman–Crippen LogP) is 4.39. The maximum atomic E-state index is 10.5. The van der Waals surface area contributed by atoms with Gasteiger partial charge in [-0.25, -0.2) is 0 Å². The Morgan fingerprint density at radius 3 is 1.27 bits per heavy atom. The topological polar surface area (TPSA) is 71.7 Å². The molecule has 0 aliphatic carbocycles. The summed E-state index contributed by atoms with van der Waals surface area (Å²) in [5, 5.41) is 21.0. The standard InChI is InChI=1S/C30H30N4O2Se/c1-33(2)23-9-5-21(6-10-23)19-31-27-15-13-25(17-29(27)35)37-26-14-16-28(30(36)18-26)32-20-22-7-11-24(12-8-22)34(3)4/h5-20,35-36H,1-4H3. The molecule has 0 heterocycles. The van der Waals surface area contributed by atoms with E-state index in [-0.39, 0.29) is 26.5 Å². The van der Waals surface area contributed by atoms with E-state index in [1.54, 1.807) is 24.6 Å². The Balaban J connectivity index is 1.41. The van der Waals surface area contributed by atoms with E-state index in [2.05, 4.69) is 9.98 Å². The summed E-state index contributed by atoms with van der Waals surface area (Å²) in [4.78, 5) is 13.0. The summed E-state index contributed by atoms with van der Waals surface area (Å²) in [5.74, 6) is 0.262. The van der Waals surface area contributed by atoms with Crippen LogP contribution in [0.15, 0.2) is 94.9 Å². The number of benzene rings is 4. The summed E-state index contributed by atoms with van der Waals surface area (Å²) in [7, 11) is 8.00. The van der Waals surface area contributed by atoms with Gasteiger partial charge >= 0.3 is 225 Å². The molecule has 37 heavy (non-hydrogen) atoms. The van der Waals surface area contributed by atoms with Gasteiger partial charge in [-0.3, -0.25) is 0 Å². The van der Waals surface area contributed by atoms with Crippen LogP contribution < -0.4 is 18.7 Å². The molecule has 0 atom stereocenters. The molecule has 4 aromatic rings. The molecule has 0 unspecified atom stereocenters. The Bertz CT molecular complexity index is 1300. The van der Waals surface area contributed by atoms with Crippen molar-refractivity contribution in [2.24, 2.45) is 9.98 Å². The second kappa shape index (κ2) is 11.8. The Morgan fingerprint density at radius 1 is 0.568 bits per heavy atom. The first-order chi connectivity index (χ1) is 17.8. The second-order valence-electron chi connectivity index (χ2n) is 8.89. The third kappa shape index (κ3) is 7.00. The number of phenols is 2. The number of nitrogens with zero attached hydrogens (tertiary/aromatic N) is 4. The average Bonchev–Trinajstić information content (AvgIpc) is 2.88. The van der Waals surface area contributed by atoms with E-state index < -0.39 is 0 Å². The van der Waals surface area contributed by atoms with E-state index in [4.69, 9.17) is 0 Å². The number of rotatable bonds is 8. The molecule has 0 saturated heterocycles. The van der Waals surface area contributed by atoms with Crippen LogP contribution in [0.4, 0.5) is 22.7 Å². The summed E-state index contributed by atoms with van der Waals surface area (Å²) in [6, 6.07) is 27.1. The van der Waals surface area contributed by atoms with Crippen molar-refractivity contribution >= 4 is 59.1 Å². The fraction of sp³-hybridized carbons (Fsp3) is 0.133. The van der Waals surface area contributed by atoms with Crippen LogP contribution in [-0.4, -0.2) is 65.8 Å². The van der Waals surface area contributed by atoms with Gasteiger partial charge in [0.1, 0.15) is 0 Å². The predicted molar refractivity (Wildman–Crippen MR) is 157 cm³/mol. The van der Waals surface area contributed by atoms with Crippen LogP contribution in [0.2, 0.25) is 0 Å². The molecule has 0 saturated carbocycles. The molecule has 0 amide bonds. The molecule has 0 spiro atoms. The summed E-state index contributed by atoms with van der Waals surface area (Å²) >= 11 is -0.0938. The van der Waals surface area contributed by atoms with Gasteiger partial charge in [0.25, 0.3) is 0 Å². The van der Waals surface area contributed by atoms with E-state index in [0.717, 1.165) is 31.4 Å². The van der Waals surface area contributed by atoms with Crippen LogP contribution in [0.25, 0.3) is 0 Å². The summed E-state index contributed by atoms with van der Waals surface area (Å²) in [6.07, 6.45) is 3.49. The minimum absolute atomic E-state index is 0.0938. The monoisotopic (exact) mass is 558 g/mol. The minimum atomic E-state index is -0.0938. The third-order valence-corrected chi connectivity index (χ3v) is 7.71. The van der Waals surface area contributed by atoms with Crippen molar-refractivity contribution in [1.29, 1.82) is 0 Å². The molecular weight excluding hydrogens is 527 g/mol. The van der Waals surface area contributed by atoms with Gasteiger partial charge in [-0.15, -0.1) is 0 Å². The molecule has 0 radical (unpaired) electrons. The van der Waals surface area contributed by atoms with Crippen molar-refractivity contribution < 1.29 is 10.2 Å². The molecule has 2 N–H and O–H groups in total. The van der Waals surface area contributed by atoms with E-state index in [1.807, 2.05) is 111 Å². The molecular formula is C30H30N4O2Se. The molecule has 4 aromatic carbocycles. The maximum absolute atomic E-state index is 10.5. The molecule has 6 nitrogen and oxygen atoms in total. The molecule has 7 heteroatoms. The van der Waals surface area contributed by atoms with Crippen molar-refractivity contribution in [2.45, 2.75) is 0 Å². The first kappa shape index (κ1) is 26.0.